The minimum Gasteiger partial charge on any atom is -0.417 e. The van der Waals surface area contributed by atoms with Gasteiger partial charge in [0.15, 0.2) is 0 Å². The predicted molar refractivity (Wildman–Crippen MR) is 156 cm³/mol. The lowest BCUT2D eigenvalue weighted by molar-refractivity contribution is -0.0528. The molecule has 0 bridgehead atoms. The molecule has 210 valence electrons. The van der Waals surface area contributed by atoms with Gasteiger partial charge in [-0.2, -0.15) is 8.78 Å². The number of benzene rings is 2. The van der Waals surface area contributed by atoms with Gasteiger partial charge in [0.05, 0.1) is 6.67 Å². The fourth-order valence-electron chi connectivity index (χ4n) is 5.00. The van der Waals surface area contributed by atoms with Gasteiger partial charge in [-0.3, -0.25) is 4.39 Å². The van der Waals surface area contributed by atoms with Crippen LogP contribution in [0.4, 0.5) is 18.9 Å². The van der Waals surface area contributed by atoms with Crippen LogP contribution in [0.1, 0.15) is 86.6 Å². The van der Waals surface area contributed by atoms with Gasteiger partial charge in [0, 0.05) is 18.0 Å². The Morgan fingerprint density at radius 2 is 1.62 bits per heavy atom. The molecule has 0 unspecified atom stereocenters. The van der Waals surface area contributed by atoms with E-state index >= 15 is 0 Å². The summed E-state index contributed by atoms with van der Waals surface area (Å²) in [6.45, 7) is 3.14. The lowest BCUT2D eigenvalue weighted by Crippen LogP contribution is -2.03. The first-order valence-electron chi connectivity index (χ1n) is 14.0. The van der Waals surface area contributed by atoms with Gasteiger partial charge < -0.3 is 10.5 Å². The Morgan fingerprint density at radius 1 is 0.949 bits per heavy atom. The molecule has 0 spiro atoms. The largest absolute Gasteiger partial charge is 0.417 e. The number of rotatable bonds is 5. The number of hydrogen-bond donors (Lipinski definition) is 1. The average molecular weight is 539 g/mol. The van der Waals surface area contributed by atoms with Gasteiger partial charge >= 0.3 is 6.61 Å². The van der Waals surface area contributed by atoms with E-state index in [9.17, 15) is 13.2 Å². The van der Waals surface area contributed by atoms with E-state index in [0.29, 0.717) is 6.42 Å². The number of allylic oxidation sites excluding steroid dienone is 1. The molecule has 1 heterocycles. The minimum absolute atomic E-state index is 0.0805. The van der Waals surface area contributed by atoms with Crippen LogP contribution in [0.3, 0.4) is 0 Å². The molecule has 1 saturated carbocycles. The van der Waals surface area contributed by atoms with E-state index in [0.717, 1.165) is 58.7 Å². The van der Waals surface area contributed by atoms with E-state index in [4.69, 9.17) is 5.73 Å². The summed E-state index contributed by atoms with van der Waals surface area (Å²) in [5.41, 5.74) is 14.7. The Hall–Kier alpha value is -3.28. The number of ether oxygens (including phenoxy) is 1. The molecule has 2 aromatic carbocycles. The zero-order chi connectivity index (χ0) is 28.2. The third-order valence-electron chi connectivity index (χ3n) is 7.04. The van der Waals surface area contributed by atoms with E-state index in [1.165, 1.54) is 42.9 Å². The smallest absolute Gasteiger partial charge is 0.388 e. The number of nitrogen functional groups attached to an aromatic ring is 1. The number of nitrogens with zero attached hydrogens (tertiary/aromatic N) is 1. The van der Waals surface area contributed by atoms with Crippen molar-refractivity contribution < 1.29 is 17.9 Å². The van der Waals surface area contributed by atoms with Gasteiger partial charge in [0.1, 0.15) is 0 Å². The highest BCUT2D eigenvalue weighted by molar-refractivity contribution is 6.00. The number of nitrogens with two attached hydrogens (primary N) is 1. The average Bonchev–Trinajstić information content (AvgIpc) is 3.33. The number of halogens is 3. The van der Waals surface area contributed by atoms with Crippen LogP contribution in [0, 0.1) is 12.8 Å². The molecular formula is C33H41F3N2O. The Balaban J connectivity index is 0.000000355. The topological polar surface area (TPSA) is 48.1 Å². The van der Waals surface area contributed by atoms with Crippen molar-refractivity contribution in [1.29, 1.82) is 0 Å². The summed E-state index contributed by atoms with van der Waals surface area (Å²) in [6.07, 6.45) is 11.0. The molecule has 2 aliphatic rings. The summed E-state index contributed by atoms with van der Waals surface area (Å²) in [5, 5.41) is 0. The highest BCUT2D eigenvalue weighted by atomic mass is 19.3. The zero-order valence-corrected chi connectivity index (χ0v) is 23.4. The molecule has 3 nitrogen and oxygen atoms in total. The first-order chi connectivity index (χ1) is 18.8. The van der Waals surface area contributed by atoms with Crippen LogP contribution < -0.4 is 10.5 Å². The summed E-state index contributed by atoms with van der Waals surface area (Å²) < 4.78 is 40.0. The number of hydrogen-bond acceptors (Lipinski definition) is 3. The first-order valence-corrected chi connectivity index (χ1v) is 14.0. The van der Waals surface area contributed by atoms with E-state index in [-0.39, 0.29) is 12.6 Å². The maximum atomic E-state index is 12.5. The molecule has 39 heavy (non-hydrogen) atoms. The molecule has 5 rings (SSSR count). The van der Waals surface area contributed by atoms with E-state index in [2.05, 4.69) is 53.9 Å². The summed E-state index contributed by atoms with van der Waals surface area (Å²) in [4.78, 5) is 4.08. The van der Waals surface area contributed by atoms with Crippen molar-refractivity contribution in [2.45, 2.75) is 78.7 Å². The van der Waals surface area contributed by atoms with Gasteiger partial charge in [0.2, 0.25) is 5.88 Å². The maximum Gasteiger partial charge on any atom is 0.388 e. The van der Waals surface area contributed by atoms with Crippen LogP contribution >= 0.6 is 0 Å². The van der Waals surface area contributed by atoms with Crippen molar-refractivity contribution in [2.24, 2.45) is 5.92 Å². The molecule has 1 fully saturated rings. The highest BCUT2D eigenvalue weighted by Crippen LogP contribution is 2.40. The van der Waals surface area contributed by atoms with Crippen LogP contribution in [0.2, 0.25) is 0 Å². The van der Waals surface area contributed by atoms with Crippen molar-refractivity contribution >= 4 is 16.8 Å². The Kier molecular flexibility index (Phi) is 11.9. The lowest BCUT2D eigenvalue weighted by atomic mass is 9.88. The molecule has 0 aliphatic heterocycles. The first kappa shape index (κ1) is 30.3. The second kappa shape index (κ2) is 15.3. The monoisotopic (exact) mass is 538 g/mol. The van der Waals surface area contributed by atoms with Gasteiger partial charge in [-0.1, -0.05) is 75.4 Å². The summed E-state index contributed by atoms with van der Waals surface area (Å²) in [6, 6.07) is 17.8. The number of alkyl halides is 3. The quantitative estimate of drug-likeness (QED) is 0.329. The number of fused-ring (bicyclic) bond motifs is 1. The second-order valence-electron chi connectivity index (χ2n) is 10.3. The molecule has 3 aromatic rings. The zero-order valence-electron chi connectivity index (χ0n) is 23.4. The fourth-order valence-corrected chi connectivity index (χ4v) is 5.00. The van der Waals surface area contributed by atoms with Crippen molar-refractivity contribution in [2.75, 3.05) is 12.4 Å². The predicted octanol–water partition coefficient (Wildman–Crippen LogP) is 9.43. The van der Waals surface area contributed by atoms with Gasteiger partial charge in [-0.15, -0.1) is 0 Å². The molecule has 6 heteroatoms. The number of pyridine rings is 1. The minimum atomic E-state index is -2.88. The van der Waals surface area contributed by atoms with Gasteiger partial charge in [-0.25, -0.2) is 4.98 Å². The van der Waals surface area contributed by atoms with Crippen molar-refractivity contribution in [1.82, 2.24) is 4.98 Å². The molecule has 0 amide bonds. The molecule has 2 aliphatic carbocycles. The number of anilines is 1. The standard InChI is InChI=1S/C24H22F2N2O.C6H12.C3H7F/c1-15-5-7-16(8-6-15)23-20(18-9-12-22(28-14-18)29-24(25)26)4-2-3-17-13-19(27)10-11-21(17)23;1-6-4-2-3-5-6;1-2-3-4/h5-14,24H,2-4,27H2,1H3;6H,2-5H2,1H3;2-3H2,1H3. The van der Waals surface area contributed by atoms with Crippen molar-refractivity contribution in [3.8, 4) is 5.88 Å². The van der Waals surface area contributed by atoms with Crippen LogP contribution in [-0.4, -0.2) is 18.3 Å². The Morgan fingerprint density at radius 3 is 2.15 bits per heavy atom. The van der Waals surface area contributed by atoms with Gasteiger partial charge in [-0.05, 0) is 90.1 Å². The highest BCUT2D eigenvalue weighted by Gasteiger charge is 2.21. The molecule has 1 aromatic heterocycles. The summed E-state index contributed by atoms with van der Waals surface area (Å²) in [5.74, 6) is 0.966. The number of aromatic nitrogens is 1. The summed E-state index contributed by atoms with van der Waals surface area (Å²) >= 11 is 0. The van der Waals surface area contributed by atoms with Crippen LogP contribution in [0.15, 0.2) is 60.8 Å². The second-order valence-corrected chi connectivity index (χ2v) is 10.3. The van der Waals surface area contributed by atoms with Crippen molar-refractivity contribution in [3.05, 3.63) is 88.6 Å². The number of aryl methyl sites for hydroxylation is 2. The van der Waals surface area contributed by atoms with E-state index in [1.807, 2.05) is 12.1 Å². The normalized spacial score (nSPS) is 15.1. The molecule has 2 N–H and O–H groups in total. The molecule has 0 saturated heterocycles. The van der Waals surface area contributed by atoms with Crippen LogP contribution in [0.25, 0.3) is 11.1 Å². The third-order valence-corrected chi connectivity index (χ3v) is 7.04. The van der Waals surface area contributed by atoms with Crippen molar-refractivity contribution in [3.63, 3.8) is 0 Å². The summed E-state index contributed by atoms with van der Waals surface area (Å²) in [7, 11) is 0. The Bertz CT molecular complexity index is 1180. The van der Waals surface area contributed by atoms with Crippen LogP contribution in [-0.2, 0) is 6.42 Å². The SMILES string of the molecule is CC1CCCC1.CCCF.Cc1ccc(C2=C(c3ccc(OC(F)F)nc3)CCCc3cc(N)ccc32)cc1. The Labute approximate surface area is 231 Å². The molecule has 0 radical (unpaired) electrons. The van der Waals surface area contributed by atoms with Gasteiger partial charge in [0.25, 0.3) is 0 Å². The molecule has 0 atom stereocenters. The third kappa shape index (κ3) is 9.15. The fraction of sp³-hybridized carbons (Fsp3) is 0.424. The van der Waals surface area contributed by atoms with Crippen LogP contribution in [0.5, 0.6) is 5.88 Å². The van der Waals surface area contributed by atoms with E-state index < -0.39 is 6.61 Å². The van der Waals surface area contributed by atoms with E-state index in [1.54, 1.807) is 19.2 Å². The maximum absolute atomic E-state index is 12.5. The molecular weight excluding hydrogens is 497 g/mol. The lowest BCUT2D eigenvalue weighted by Gasteiger charge is -2.17.